The molecule has 0 atom stereocenters. The molecule has 0 aliphatic rings. The molecule has 1 N–H and O–H groups in total. The molecule has 0 heterocycles. The zero-order valence-electron chi connectivity index (χ0n) is 14.3. The van der Waals surface area contributed by atoms with Crippen LogP contribution in [0.15, 0.2) is 18.2 Å². The van der Waals surface area contributed by atoms with E-state index in [0.29, 0.717) is 13.1 Å². The van der Waals surface area contributed by atoms with E-state index in [1.54, 1.807) is 0 Å². The van der Waals surface area contributed by atoms with Gasteiger partial charge < -0.3 is 15.1 Å². The van der Waals surface area contributed by atoms with E-state index in [9.17, 15) is 22.8 Å². The number of amides is 2. The van der Waals surface area contributed by atoms with E-state index >= 15 is 0 Å². The monoisotopic (exact) mass is 379 g/mol. The molecular formula is C16H21ClF3N3O2. The van der Waals surface area contributed by atoms with Crippen LogP contribution in [0.5, 0.6) is 0 Å². The Balaban J connectivity index is 2.68. The van der Waals surface area contributed by atoms with Crippen LogP contribution in [0.2, 0.25) is 5.02 Å². The molecule has 0 saturated carbocycles. The minimum absolute atomic E-state index is 0.0115. The van der Waals surface area contributed by atoms with E-state index in [2.05, 4.69) is 5.32 Å². The first-order chi connectivity index (χ1) is 11.5. The summed E-state index contributed by atoms with van der Waals surface area (Å²) < 4.78 is 38.2. The summed E-state index contributed by atoms with van der Waals surface area (Å²) in [7, 11) is 3.72. The van der Waals surface area contributed by atoms with E-state index in [1.807, 2.05) is 19.0 Å². The quantitative estimate of drug-likeness (QED) is 0.792. The smallest absolute Gasteiger partial charge is 0.341 e. The Kier molecular flexibility index (Phi) is 7.69. The number of anilines is 1. The number of nitrogens with zero attached hydrogens (tertiary/aromatic N) is 2. The maximum atomic E-state index is 12.7. The van der Waals surface area contributed by atoms with Gasteiger partial charge in [-0.05, 0) is 32.3 Å². The third-order valence-corrected chi connectivity index (χ3v) is 3.77. The first kappa shape index (κ1) is 21.2. The molecule has 1 aromatic rings. The summed E-state index contributed by atoms with van der Waals surface area (Å²) in [5.74, 6) is -0.691. The van der Waals surface area contributed by atoms with Crippen molar-refractivity contribution in [2.75, 3.05) is 39.0 Å². The van der Waals surface area contributed by atoms with Crippen LogP contribution >= 0.6 is 11.6 Å². The van der Waals surface area contributed by atoms with E-state index in [-0.39, 0.29) is 29.6 Å². The molecule has 25 heavy (non-hydrogen) atoms. The van der Waals surface area contributed by atoms with Crippen LogP contribution in [0.3, 0.4) is 0 Å². The predicted octanol–water partition coefficient (Wildman–Crippen LogP) is 3.10. The van der Waals surface area contributed by atoms with Crippen molar-refractivity contribution in [1.82, 2.24) is 9.80 Å². The second-order valence-electron chi connectivity index (χ2n) is 5.80. The normalized spacial score (nSPS) is 11.5. The summed E-state index contributed by atoms with van der Waals surface area (Å²) in [5.41, 5.74) is -1.01. The van der Waals surface area contributed by atoms with Crippen LogP contribution in [-0.4, -0.2) is 55.3 Å². The number of alkyl halides is 3. The predicted molar refractivity (Wildman–Crippen MR) is 90.5 cm³/mol. The zero-order chi connectivity index (χ0) is 19.2. The van der Waals surface area contributed by atoms with Gasteiger partial charge in [-0.3, -0.25) is 9.59 Å². The van der Waals surface area contributed by atoms with Crippen molar-refractivity contribution in [2.24, 2.45) is 0 Å². The van der Waals surface area contributed by atoms with Crippen molar-refractivity contribution >= 4 is 29.1 Å². The van der Waals surface area contributed by atoms with Gasteiger partial charge in [0.25, 0.3) is 0 Å². The van der Waals surface area contributed by atoms with Crippen LogP contribution in [0.4, 0.5) is 18.9 Å². The molecule has 2 amide bonds. The molecule has 0 aromatic heterocycles. The van der Waals surface area contributed by atoms with Crippen molar-refractivity contribution in [3.05, 3.63) is 28.8 Å². The van der Waals surface area contributed by atoms with Gasteiger partial charge in [-0.2, -0.15) is 13.2 Å². The molecule has 0 aliphatic carbocycles. The fourth-order valence-corrected chi connectivity index (χ4v) is 2.16. The summed E-state index contributed by atoms with van der Waals surface area (Å²) in [6.07, 6.45) is -4.57. The van der Waals surface area contributed by atoms with Gasteiger partial charge in [0, 0.05) is 33.0 Å². The Labute approximate surface area is 149 Å². The third-order valence-electron chi connectivity index (χ3n) is 3.44. The first-order valence-corrected chi connectivity index (χ1v) is 7.95. The van der Waals surface area contributed by atoms with Gasteiger partial charge in [0.15, 0.2) is 0 Å². The van der Waals surface area contributed by atoms with Crippen molar-refractivity contribution in [2.45, 2.75) is 19.5 Å². The Bertz CT molecular complexity index is 621. The summed E-state index contributed by atoms with van der Waals surface area (Å²) in [4.78, 5) is 27.0. The molecule has 0 fully saturated rings. The number of likely N-dealkylation sites (N-methyl/N-ethyl adjacent to an activating group) is 1. The highest BCUT2D eigenvalue weighted by atomic mass is 35.5. The Morgan fingerprint density at radius 1 is 1.16 bits per heavy atom. The first-order valence-electron chi connectivity index (χ1n) is 7.57. The van der Waals surface area contributed by atoms with Crippen LogP contribution < -0.4 is 5.32 Å². The number of rotatable bonds is 7. The molecule has 0 unspecified atom stereocenters. The topological polar surface area (TPSA) is 52.7 Å². The van der Waals surface area contributed by atoms with Gasteiger partial charge >= 0.3 is 6.18 Å². The van der Waals surface area contributed by atoms with Crippen LogP contribution in [0, 0.1) is 0 Å². The number of benzene rings is 1. The third kappa shape index (κ3) is 7.31. The van der Waals surface area contributed by atoms with Gasteiger partial charge in [-0.25, -0.2) is 0 Å². The molecule has 1 rings (SSSR count). The van der Waals surface area contributed by atoms with Crippen molar-refractivity contribution in [1.29, 1.82) is 0 Å². The van der Waals surface area contributed by atoms with Crippen molar-refractivity contribution in [3.8, 4) is 0 Å². The number of nitrogens with one attached hydrogen (secondary N) is 1. The minimum Gasteiger partial charge on any atom is -0.341 e. The van der Waals surface area contributed by atoms with Crippen molar-refractivity contribution < 1.29 is 22.8 Å². The minimum atomic E-state index is -4.53. The molecule has 0 spiro atoms. The van der Waals surface area contributed by atoms with Gasteiger partial charge in [-0.1, -0.05) is 11.6 Å². The summed E-state index contributed by atoms with van der Waals surface area (Å²) >= 11 is 5.84. The van der Waals surface area contributed by atoms with E-state index in [0.717, 1.165) is 18.2 Å². The Morgan fingerprint density at radius 3 is 2.32 bits per heavy atom. The Morgan fingerprint density at radius 2 is 1.80 bits per heavy atom. The molecule has 140 valence electrons. The molecular weight excluding hydrogens is 359 g/mol. The second kappa shape index (κ2) is 9.05. The highest BCUT2D eigenvalue weighted by Crippen LogP contribution is 2.33. The number of carbonyl (C=O) groups is 2. The van der Waals surface area contributed by atoms with Gasteiger partial charge in [0.05, 0.1) is 16.3 Å². The maximum Gasteiger partial charge on any atom is 0.416 e. The van der Waals surface area contributed by atoms with E-state index in [1.165, 1.54) is 11.8 Å². The fourth-order valence-electron chi connectivity index (χ4n) is 1.99. The molecule has 9 heteroatoms. The molecule has 0 saturated heterocycles. The fraction of sp³-hybridized carbons (Fsp3) is 0.500. The molecule has 0 bridgehead atoms. The maximum absolute atomic E-state index is 12.7. The lowest BCUT2D eigenvalue weighted by Gasteiger charge is -2.22. The average Bonchev–Trinajstić information content (AvgIpc) is 2.47. The lowest BCUT2D eigenvalue weighted by Crippen LogP contribution is -2.37. The molecule has 0 aliphatic heterocycles. The number of halogens is 4. The standard InChI is InChI=1S/C16H21ClF3N3O2/c1-11(24)23(9-8-22(2)3)7-6-15(25)21-14-10-12(16(18,19)20)4-5-13(14)17/h4-5,10H,6-9H2,1-3H3,(H,21,25). The second-order valence-corrected chi connectivity index (χ2v) is 6.21. The summed E-state index contributed by atoms with van der Waals surface area (Å²) in [5, 5.41) is 2.37. The lowest BCUT2D eigenvalue weighted by atomic mass is 10.2. The largest absolute Gasteiger partial charge is 0.416 e. The molecule has 0 radical (unpaired) electrons. The SMILES string of the molecule is CC(=O)N(CCC(=O)Nc1cc(C(F)(F)F)ccc1Cl)CCN(C)C. The Hall–Kier alpha value is -1.80. The number of carbonyl (C=O) groups excluding carboxylic acids is 2. The van der Waals surface area contributed by atoms with Crippen LogP contribution in [0.1, 0.15) is 18.9 Å². The van der Waals surface area contributed by atoms with Gasteiger partial charge in [0.2, 0.25) is 11.8 Å². The molecule has 1 aromatic carbocycles. The van der Waals surface area contributed by atoms with Crippen LogP contribution in [0.25, 0.3) is 0 Å². The van der Waals surface area contributed by atoms with E-state index < -0.39 is 17.6 Å². The average molecular weight is 380 g/mol. The van der Waals surface area contributed by atoms with Crippen molar-refractivity contribution in [3.63, 3.8) is 0 Å². The summed E-state index contributed by atoms with van der Waals surface area (Å²) in [6, 6.07) is 2.71. The van der Waals surface area contributed by atoms with E-state index in [4.69, 9.17) is 11.6 Å². The van der Waals surface area contributed by atoms with Gasteiger partial charge in [-0.15, -0.1) is 0 Å². The highest BCUT2D eigenvalue weighted by Gasteiger charge is 2.31. The molecule has 5 nitrogen and oxygen atoms in total. The van der Waals surface area contributed by atoms with Gasteiger partial charge in [0.1, 0.15) is 0 Å². The lowest BCUT2D eigenvalue weighted by molar-refractivity contribution is -0.137. The number of hydrogen-bond donors (Lipinski definition) is 1. The zero-order valence-corrected chi connectivity index (χ0v) is 15.0. The van der Waals surface area contributed by atoms with Crippen LogP contribution in [-0.2, 0) is 15.8 Å². The summed E-state index contributed by atoms with van der Waals surface area (Å²) in [6.45, 7) is 2.67. The number of hydrogen-bond acceptors (Lipinski definition) is 3. The highest BCUT2D eigenvalue weighted by molar-refractivity contribution is 6.33.